The fraction of sp³-hybridized carbons (Fsp3) is 0.536. The van der Waals surface area contributed by atoms with Crippen molar-refractivity contribution in [1.29, 1.82) is 0 Å². The molecule has 0 aromatic heterocycles. The van der Waals surface area contributed by atoms with Crippen molar-refractivity contribution in [3.8, 4) is 5.75 Å². The highest BCUT2D eigenvalue weighted by atomic mass is 79.9. The van der Waals surface area contributed by atoms with Gasteiger partial charge in [0, 0.05) is 61.4 Å². The van der Waals surface area contributed by atoms with E-state index in [1.165, 1.54) is 11.6 Å². The van der Waals surface area contributed by atoms with E-state index in [9.17, 15) is 28.1 Å². The van der Waals surface area contributed by atoms with E-state index in [-0.39, 0.29) is 36.5 Å². The molecule has 1 atom stereocenters. The first-order valence-electron chi connectivity index (χ1n) is 13.7. The molecule has 1 saturated heterocycles. The van der Waals surface area contributed by atoms with Gasteiger partial charge in [-0.2, -0.15) is 13.2 Å². The summed E-state index contributed by atoms with van der Waals surface area (Å²) in [6, 6.07) is 8.96. The van der Waals surface area contributed by atoms with E-state index in [1.54, 1.807) is 0 Å². The third-order valence-corrected chi connectivity index (χ3v) is 8.43. The Kier molecular flexibility index (Phi) is 9.05. The Balaban J connectivity index is 1.00. The number of hydrogen-bond donors (Lipinski definition) is 1. The molecule has 0 unspecified atom stereocenters. The summed E-state index contributed by atoms with van der Waals surface area (Å²) in [7, 11) is 0. The van der Waals surface area contributed by atoms with Gasteiger partial charge in [-0.05, 0) is 61.6 Å². The molecule has 0 bridgehead atoms. The molecule has 1 amide bonds. The summed E-state index contributed by atoms with van der Waals surface area (Å²) in [5.74, 6) is 0.903. The maximum absolute atomic E-state index is 13.3. The van der Waals surface area contributed by atoms with Crippen molar-refractivity contribution >= 4 is 33.2 Å². The quantitative estimate of drug-likeness (QED) is 0.310. The Hall–Kier alpha value is -2.90. The summed E-state index contributed by atoms with van der Waals surface area (Å²) < 4.78 is 52.8. The molecular weight excluding hydrogens is 609 g/mol. The van der Waals surface area contributed by atoms with Crippen molar-refractivity contribution in [2.75, 3.05) is 44.6 Å². The minimum atomic E-state index is -4.82. The van der Waals surface area contributed by atoms with Crippen LogP contribution >= 0.6 is 15.9 Å². The maximum atomic E-state index is 13.3. The molecule has 0 radical (unpaired) electrons. The number of ether oxygens (including phenoxy) is 2. The number of halogens is 4. The van der Waals surface area contributed by atoms with Gasteiger partial charge in [0.1, 0.15) is 24.0 Å². The van der Waals surface area contributed by atoms with Crippen LogP contribution in [0, 0.1) is 10.1 Å². The number of nitro benzene ring substituents is 1. The molecule has 41 heavy (non-hydrogen) atoms. The van der Waals surface area contributed by atoms with Crippen molar-refractivity contribution in [3.63, 3.8) is 0 Å². The second kappa shape index (κ2) is 12.5. The van der Waals surface area contributed by atoms with Crippen molar-refractivity contribution in [2.45, 2.75) is 56.5 Å². The second-order valence-electron chi connectivity index (χ2n) is 10.8. The monoisotopic (exact) mass is 640 g/mol. The molecule has 1 saturated carbocycles. The van der Waals surface area contributed by atoms with Gasteiger partial charge in [-0.1, -0.05) is 15.9 Å². The summed E-state index contributed by atoms with van der Waals surface area (Å²) in [5, 5.41) is 14.0. The van der Waals surface area contributed by atoms with Crippen LogP contribution in [0.2, 0.25) is 0 Å². The van der Waals surface area contributed by atoms with Gasteiger partial charge >= 0.3 is 6.18 Å². The van der Waals surface area contributed by atoms with E-state index < -0.39 is 22.4 Å². The number of piperazine rings is 1. The number of nitrogens with one attached hydrogen (secondary N) is 1. The van der Waals surface area contributed by atoms with Crippen LogP contribution in [0.3, 0.4) is 0 Å². The molecular formula is C28H32BrF3N4O5. The number of carbonyl (C=O) groups excluding carboxylic acids is 1. The predicted octanol–water partition coefficient (Wildman–Crippen LogP) is 5.26. The maximum Gasteiger partial charge on any atom is 0.423 e. The minimum Gasteiger partial charge on any atom is -0.488 e. The van der Waals surface area contributed by atoms with Gasteiger partial charge in [-0.3, -0.25) is 19.8 Å². The van der Waals surface area contributed by atoms with Crippen molar-refractivity contribution < 1.29 is 32.4 Å². The van der Waals surface area contributed by atoms with Crippen LogP contribution in [0.5, 0.6) is 5.75 Å². The molecule has 2 aromatic carbocycles. The highest BCUT2D eigenvalue weighted by molar-refractivity contribution is 9.10. The molecule has 13 heteroatoms. The molecule has 9 nitrogen and oxygen atoms in total. The highest BCUT2D eigenvalue weighted by Gasteiger charge is 2.38. The Morgan fingerprint density at radius 2 is 1.83 bits per heavy atom. The third-order valence-electron chi connectivity index (χ3n) is 7.94. The number of benzene rings is 2. The molecule has 5 rings (SSSR count). The zero-order valence-electron chi connectivity index (χ0n) is 22.4. The second-order valence-corrected chi connectivity index (χ2v) is 11.7. The molecule has 1 aliphatic carbocycles. The van der Waals surface area contributed by atoms with Crippen LogP contribution in [0.15, 0.2) is 40.9 Å². The van der Waals surface area contributed by atoms with Gasteiger partial charge in [0.15, 0.2) is 0 Å². The highest BCUT2D eigenvalue weighted by Crippen LogP contribution is 2.38. The summed E-state index contributed by atoms with van der Waals surface area (Å²) in [6.07, 6.45) is -1.29. The first-order valence-corrected chi connectivity index (χ1v) is 14.5. The number of nitrogens with zero attached hydrogens (tertiary/aromatic N) is 3. The molecule has 1 N–H and O–H groups in total. The van der Waals surface area contributed by atoms with Crippen LogP contribution in [0.4, 0.5) is 24.5 Å². The third kappa shape index (κ3) is 7.49. The van der Waals surface area contributed by atoms with Crippen molar-refractivity contribution in [1.82, 2.24) is 9.80 Å². The van der Waals surface area contributed by atoms with Crippen molar-refractivity contribution in [3.05, 3.63) is 62.1 Å². The predicted molar refractivity (Wildman–Crippen MR) is 149 cm³/mol. The van der Waals surface area contributed by atoms with E-state index in [1.807, 2.05) is 17.0 Å². The normalized spacial score (nSPS) is 23.1. The van der Waals surface area contributed by atoms with Gasteiger partial charge in [0.25, 0.3) is 5.69 Å². The lowest BCUT2D eigenvalue weighted by Crippen LogP contribution is -2.51. The van der Waals surface area contributed by atoms with Crippen molar-refractivity contribution in [2.24, 2.45) is 0 Å². The SMILES string of the molecule is O=C(COC1CCC(Nc2ccc([N+](=O)[O-])c(C(F)(F)F)c2)CC1)N1CCN(C[C@H]2Cc3cc(Br)ccc3O2)CC1. The standard InChI is InChI=1S/C28H32BrF3N4O5/c29-19-1-8-26-18(13-19)14-23(41-26)16-34-9-11-35(12-10-34)27(37)17-40-22-5-2-20(3-6-22)33-21-4-7-25(36(38)39)24(15-21)28(30,31)32/h1,4,7-8,13,15,20,22-23,33H,2-3,5-6,9-12,14,16-17H2/t20?,22?,23-/m1/s1. The Bertz CT molecular complexity index is 1260. The Morgan fingerprint density at radius 3 is 2.51 bits per heavy atom. The zero-order chi connectivity index (χ0) is 29.1. The van der Waals surface area contributed by atoms with Crippen LogP contribution in [-0.4, -0.2) is 78.2 Å². The number of hydrogen-bond acceptors (Lipinski definition) is 7. The fourth-order valence-corrected chi connectivity index (χ4v) is 6.17. The zero-order valence-corrected chi connectivity index (χ0v) is 24.0. The van der Waals surface area contributed by atoms with Crippen LogP contribution in [-0.2, 0) is 22.1 Å². The lowest BCUT2D eigenvalue weighted by molar-refractivity contribution is -0.388. The average molecular weight is 641 g/mol. The van der Waals surface area contributed by atoms with E-state index in [2.05, 4.69) is 32.2 Å². The first-order chi connectivity index (χ1) is 19.5. The molecule has 222 valence electrons. The lowest BCUT2D eigenvalue weighted by atomic mass is 9.92. The molecule has 2 fully saturated rings. The van der Waals surface area contributed by atoms with Gasteiger partial charge < -0.3 is 19.7 Å². The molecule has 3 aliphatic rings. The number of anilines is 1. The summed E-state index contributed by atoms with van der Waals surface area (Å²) in [5.41, 5.74) is -0.830. The van der Waals surface area contributed by atoms with Crippen LogP contribution in [0.25, 0.3) is 0 Å². The minimum absolute atomic E-state index is 0.00990. The smallest absolute Gasteiger partial charge is 0.423 e. The van der Waals surface area contributed by atoms with Gasteiger partial charge in [-0.25, -0.2) is 0 Å². The van der Waals surface area contributed by atoms with Gasteiger partial charge in [0.05, 0.1) is 11.0 Å². The Morgan fingerprint density at radius 1 is 1.10 bits per heavy atom. The first kappa shape index (κ1) is 29.6. The fourth-order valence-electron chi connectivity index (χ4n) is 5.76. The molecule has 0 spiro atoms. The van der Waals surface area contributed by atoms with Gasteiger partial charge in [-0.15, -0.1) is 0 Å². The number of nitro groups is 1. The summed E-state index contributed by atoms with van der Waals surface area (Å²) in [6.45, 7) is 3.66. The van der Waals surface area contributed by atoms with E-state index in [4.69, 9.17) is 9.47 Å². The number of fused-ring (bicyclic) bond motifs is 1. The number of rotatable bonds is 8. The number of alkyl halides is 3. The van der Waals surface area contributed by atoms with Crippen LogP contribution < -0.4 is 10.1 Å². The number of carbonyl (C=O) groups is 1. The van der Waals surface area contributed by atoms with E-state index in [0.717, 1.165) is 48.4 Å². The summed E-state index contributed by atoms with van der Waals surface area (Å²) in [4.78, 5) is 26.9. The Labute approximate surface area is 244 Å². The summed E-state index contributed by atoms with van der Waals surface area (Å²) >= 11 is 3.50. The molecule has 2 aliphatic heterocycles. The molecule has 2 aromatic rings. The van der Waals surface area contributed by atoms with E-state index >= 15 is 0 Å². The average Bonchev–Trinajstić information content (AvgIpc) is 3.33. The van der Waals surface area contributed by atoms with E-state index in [0.29, 0.717) is 38.8 Å². The molecule has 2 heterocycles. The lowest BCUT2D eigenvalue weighted by Gasteiger charge is -2.36. The van der Waals surface area contributed by atoms with Gasteiger partial charge in [0.2, 0.25) is 5.91 Å². The number of amides is 1. The van der Waals surface area contributed by atoms with Crippen LogP contribution in [0.1, 0.15) is 36.8 Å². The topological polar surface area (TPSA) is 97.2 Å². The largest absolute Gasteiger partial charge is 0.488 e.